The topological polar surface area (TPSA) is 57.4 Å². The first-order valence-corrected chi connectivity index (χ1v) is 8.53. The molecule has 2 aromatic carbocycles. The smallest absolute Gasteiger partial charge is 0.119 e. The summed E-state index contributed by atoms with van der Waals surface area (Å²) >= 11 is 1.81. The van der Waals surface area contributed by atoms with Gasteiger partial charge in [0.25, 0.3) is 0 Å². The van der Waals surface area contributed by atoms with E-state index >= 15 is 0 Å². The van der Waals surface area contributed by atoms with Crippen molar-refractivity contribution in [3.63, 3.8) is 0 Å². The van der Waals surface area contributed by atoms with Crippen molar-refractivity contribution in [3.05, 3.63) is 36.4 Å². The fourth-order valence-corrected chi connectivity index (χ4v) is 3.68. The average Bonchev–Trinajstić information content (AvgIpc) is 2.60. The summed E-state index contributed by atoms with van der Waals surface area (Å²) < 4.78 is 10.8. The summed E-state index contributed by atoms with van der Waals surface area (Å²) in [6.07, 6.45) is 0.976. The zero-order valence-corrected chi connectivity index (χ0v) is 15.4. The molecule has 0 unspecified atom stereocenters. The number of ether oxygens (including phenoxy) is 2. The molecule has 0 aliphatic rings. The zero-order valence-electron chi connectivity index (χ0n) is 13.7. The molecule has 4 nitrogen and oxygen atoms in total. The van der Waals surface area contributed by atoms with Crippen molar-refractivity contribution in [2.75, 3.05) is 26.5 Å². The van der Waals surface area contributed by atoms with Crippen molar-refractivity contribution >= 4 is 46.0 Å². The predicted molar refractivity (Wildman–Crippen MR) is 104 cm³/mol. The van der Waals surface area contributed by atoms with Gasteiger partial charge in [0.15, 0.2) is 0 Å². The van der Waals surface area contributed by atoms with Crippen LogP contribution in [0.5, 0.6) is 11.5 Å². The van der Waals surface area contributed by atoms with Gasteiger partial charge in [0.1, 0.15) is 11.5 Å². The maximum Gasteiger partial charge on any atom is 0.119 e. The van der Waals surface area contributed by atoms with Crippen molar-refractivity contribution in [1.82, 2.24) is 4.98 Å². The molecule has 0 radical (unpaired) electrons. The Morgan fingerprint density at radius 1 is 0.958 bits per heavy atom. The van der Waals surface area contributed by atoms with E-state index in [4.69, 9.17) is 20.2 Å². The molecule has 0 fully saturated rings. The number of halogens is 1. The molecule has 0 saturated heterocycles. The van der Waals surface area contributed by atoms with Crippen LogP contribution in [-0.2, 0) is 0 Å². The van der Waals surface area contributed by atoms with E-state index in [1.54, 1.807) is 14.2 Å². The third-order valence-corrected chi connectivity index (χ3v) is 4.95. The second kappa shape index (κ2) is 8.42. The minimum Gasteiger partial charge on any atom is -0.497 e. The maximum absolute atomic E-state index is 5.64. The number of aromatic nitrogens is 1. The van der Waals surface area contributed by atoms with E-state index < -0.39 is 0 Å². The largest absolute Gasteiger partial charge is 0.497 e. The van der Waals surface area contributed by atoms with Crippen LogP contribution in [0.25, 0.3) is 21.8 Å². The van der Waals surface area contributed by atoms with Crippen LogP contribution in [0.3, 0.4) is 0 Å². The highest BCUT2D eigenvalue weighted by Crippen LogP contribution is 2.37. The lowest BCUT2D eigenvalue weighted by molar-refractivity contribution is 0.415. The van der Waals surface area contributed by atoms with Gasteiger partial charge in [0.2, 0.25) is 0 Å². The van der Waals surface area contributed by atoms with Gasteiger partial charge < -0.3 is 15.2 Å². The van der Waals surface area contributed by atoms with Crippen LogP contribution in [0, 0.1) is 0 Å². The van der Waals surface area contributed by atoms with Gasteiger partial charge in [-0.25, -0.2) is 4.98 Å². The molecule has 0 aliphatic heterocycles. The van der Waals surface area contributed by atoms with E-state index in [1.165, 1.54) is 4.90 Å². The van der Waals surface area contributed by atoms with Gasteiger partial charge in [-0.15, -0.1) is 24.2 Å². The van der Waals surface area contributed by atoms with Crippen LogP contribution < -0.4 is 15.2 Å². The molecule has 3 aromatic rings. The molecule has 0 bridgehead atoms. The molecule has 1 heterocycles. The van der Waals surface area contributed by atoms with Crippen LogP contribution in [0.4, 0.5) is 0 Å². The molecule has 0 aliphatic carbocycles. The highest BCUT2D eigenvalue weighted by Gasteiger charge is 2.11. The summed E-state index contributed by atoms with van der Waals surface area (Å²) in [5.74, 6) is 2.64. The van der Waals surface area contributed by atoms with Crippen molar-refractivity contribution in [3.8, 4) is 11.5 Å². The molecule has 128 valence electrons. The number of rotatable bonds is 6. The van der Waals surface area contributed by atoms with E-state index in [-0.39, 0.29) is 12.4 Å². The van der Waals surface area contributed by atoms with Crippen molar-refractivity contribution in [2.45, 2.75) is 11.3 Å². The Kier molecular flexibility index (Phi) is 6.54. The summed E-state index contributed by atoms with van der Waals surface area (Å²) in [5, 5.41) is 2.21. The quantitative estimate of drug-likeness (QED) is 0.402. The Morgan fingerprint density at radius 3 is 1.96 bits per heavy atom. The molecule has 1 aromatic heterocycles. The highest BCUT2D eigenvalue weighted by molar-refractivity contribution is 7.99. The standard InChI is InChI=1S/C18H20N2O2S.ClH/c1-21-12-4-6-16-14(10-12)18(23-9-3-8-19)15-11-13(22-2)5-7-17(15)20-16;/h4-7,10-11H,3,8-9,19H2,1-2H3;1H. The van der Waals surface area contributed by atoms with Crippen LogP contribution in [-0.4, -0.2) is 31.5 Å². The van der Waals surface area contributed by atoms with Crippen molar-refractivity contribution < 1.29 is 9.47 Å². The zero-order chi connectivity index (χ0) is 16.2. The van der Waals surface area contributed by atoms with Crippen LogP contribution in [0.15, 0.2) is 41.3 Å². The normalized spacial score (nSPS) is 10.6. The van der Waals surface area contributed by atoms with Gasteiger partial charge in [-0.05, 0) is 55.1 Å². The lowest BCUT2D eigenvalue weighted by Crippen LogP contribution is -1.99. The fourth-order valence-electron chi connectivity index (χ4n) is 2.53. The molecule has 0 saturated carbocycles. The van der Waals surface area contributed by atoms with Crippen LogP contribution >= 0.6 is 24.2 Å². The molecule has 6 heteroatoms. The lowest BCUT2D eigenvalue weighted by Gasteiger charge is -2.12. The Balaban J connectivity index is 0.00000208. The van der Waals surface area contributed by atoms with Gasteiger partial charge in [-0.2, -0.15) is 0 Å². The van der Waals surface area contributed by atoms with Crippen LogP contribution in [0.1, 0.15) is 6.42 Å². The van der Waals surface area contributed by atoms with E-state index in [2.05, 4.69) is 0 Å². The molecular formula is C18H21ClN2O2S. The number of nitrogens with two attached hydrogens (primary N) is 1. The molecule has 2 N–H and O–H groups in total. The van der Waals surface area contributed by atoms with Gasteiger partial charge in [0.05, 0.1) is 25.3 Å². The Hall–Kier alpha value is -1.69. The maximum atomic E-state index is 5.64. The molecular weight excluding hydrogens is 344 g/mol. The van der Waals surface area contributed by atoms with Crippen molar-refractivity contribution in [2.24, 2.45) is 5.73 Å². The first-order valence-electron chi connectivity index (χ1n) is 7.55. The lowest BCUT2D eigenvalue weighted by atomic mass is 10.1. The predicted octanol–water partition coefficient (Wildman–Crippen LogP) is 4.27. The first kappa shape index (κ1) is 18.6. The summed E-state index contributed by atoms with van der Waals surface area (Å²) in [5.41, 5.74) is 7.59. The number of thioether (sulfide) groups is 1. The van der Waals surface area contributed by atoms with E-state index in [9.17, 15) is 0 Å². The SMILES string of the molecule is COc1ccc2nc3ccc(OC)cc3c(SCCCN)c2c1.Cl. The molecule has 3 rings (SSSR count). The summed E-state index contributed by atoms with van der Waals surface area (Å²) in [4.78, 5) is 5.97. The third kappa shape index (κ3) is 3.69. The fraction of sp³-hybridized carbons (Fsp3) is 0.278. The molecule has 0 spiro atoms. The van der Waals surface area contributed by atoms with E-state index in [0.717, 1.165) is 45.5 Å². The number of benzene rings is 2. The number of methoxy groups -OCH3 is 2. The molecule has 24 heavy (non-hydrogen) atoms. The Morgan fingerprint density at radius 2 is 1.50 bits per heavy atom. The summed E-state index contributed by atoms with van der Waals surface area (Å²) in [6, 6.07) is 12.0. The second-order valence-corrected chi connectivity index (χ2v) is 6.30. The third-order valence-electron chi connectivity index (χ3n) is 3.73. The first-order chi connectivity index (χ1) is 11.3. The van der Waals surface area contributed by atoms with Gasteiger partial charge in [-0.3, -0.25) is 0 Å². The number of pyridine rings is 1. The van der Waals surface area contributed by atoms with Crippen LogP contribution in [0.2, 0.25) is 0 Å². The monoisotopic (exact) mass is 364 g/mol. The number of fused-ring (bicyclic) bond motifs is 2. The second-order valence-electron chi connectivity index (χ2n) is 5.20. The van der Waals surface area contributed by atoms with Gasteiger partial charge >= 0.3 is 0 Å². The van der Waals surface area contributed by atoms with Gasteiger partial charge in [-0.1, -0.05) is 0 Å². The Labute approximate surface area is 152 Å². The summed E-state index contributed by atoms with van der Waals surface area (Å²) in [6.45, 7) is 0.695. The average molecular weight is 365 g/mol. The Bertz CT molecular complexity index is 780. The minimum atomic E-state index is 0. The minimum absolute atomic E-state index is 0. The number of hydrogen-bond acceptors (Lipinski definition) is 5. The number of nitrogens with zero attached hydrogens (tertiary/aromatic N) is 1. The molecule has 0 amide bonds. The summed E-state index contributed by atoms with van der Waals surface area (Å²) in [7, 11) is 3.36. The number of hydrogen-bond donors (Lipinski definition) is 1. The van der Waals surface area contributed by atoms with E-state index in [0.29, 0.717) is 6.54 Å². The van der Waals surface area contributed by atoms with E-state index in [1.807, 2.05) is 48.2 Å². The van der Waals surface area contributed by atoms with Gasteiger partial charge in [0, 0.05) is 15.7 Å². The van der Waals surface area contributed by atoms with Crippen molar-refractivity contribution in [1.29, 1.82) is 0 Å². The highest BCUT2D eigenvalue weighted by atomic mass is 35.5. The molecule has 0 atom stereocenters.